The predicted molar refractivity (Wildman–Crippen MR) is 92.8 cm³/mol. The summed E-state index contributed by atoms with van der Waals surface area (Å²) in [6, 6.07) is 3.93. The first-order chi connectivity index (χ1) is 11.2. The van der Waals surface area contributed by atoms with E-state index in [1.165, 1.54) is 0 Å². The third kappa shape index (κ3) is 3.94. The van der Waals surface area contributed by atoms with E-state index in [-0.39, 0.29) is 18.4 Å². The molecule has 1 N–H and O–H groups in total. The number of aliphatic hydroxyl groups excluding tert-OH is 1. The lowest BCUT2D eigenvalue weighted by atomic mass is 10.1. The first-order valence-corrected chi connectivity index (χ1v) is 8.28. The maximum absolute atomic E-state index is 12.8. The number of nitrogens with zero attached hydrogens (tertiary/aromatic N) is 3. The molecular formula is C18H27N3O3. The van der Waals surface area contributed by atoms with E-state index in [2.05, 4.69) is 5.16 Å². The molecule has 0 aromatic carbocycles. The van der Waals surface area contributed by atoms with Gasteiger partial charge in [0, 0.05) is 35.6 Å². The molecule has 0 bridgehead atoms. The van der Waals surface area contributed by atoms with E-state index in [1.54, 1.807) is 6.92 Å². The summed E-state index contributed by atoms with van der Waals surface area (Å²) in [7, 11) is 0. The van der Waals surface area contributed by atoms with Gasteiger partial charge in [-0.1, -0.05) is 5.16 Å². The van der Waals surface area contributed by atoms with Crippen LogP contribution in [0.5, 0.6) is 0 Å². The normalized spacial score (nSPS) is 13.0. The molecule has 6 nitrogen and oxygen atoms in total. The number of hydrogen-bond acceptors (Lipinski definition) is 5. The first-order valence-electron chi connectivity index (χ1n) is 8.28. The number of aliphatic hydroxyl groups is 1. The Balaban J connectivity index is 2.27. The van der Waals surface area contributed by atoms with E-state index in [0.29, 0.717) is 17.9 Å². The summed E-state index contributed by atoms with van der Waals surface area (Å²) < 4.78 is 7.08. The quantitative estimate of drug-likeness (QED) is 0.789. The van der Waals surface area contributed by atoms with E-state index in [9.17, 15) is 9.90 Å². The molecule has 0 saturated carbocycles. The number of hydrogen-bond donors (Lipinski definition) is 1. The van der Waals surface area contributed by atoms with Crippen LogP contribution in [0.3, 0.4) is 0 Å². The molecule has 6 heteroatoms. The molecule has 24 heavy (non-hydrogen) atoms. The molecule has 2 aromatic rings. The van der Waals surface area contributed by atoms with Gasteiger partial charge in [0.05, 0.1) is 12.6 Å². The Hall–Kier alpha value is -1.92. The van der Waals surface area contributed by atoms with E-state index in [4.69, 9.17) is 4.52 Å². The van der Waals surface area contributed by atoms with Crippen LogP contribution in [-0.2, 0) is 0 Å². The van der Waals surface area contributed by atoms with Gasteiger partial charge in [-0.15, -0.1) is 0 Å². The smallest absolute Gasteiger partial charge is 0.180 e. The van der Waals surface area contributed by atoms with Gasteiger partial charge in [-0.2, -0.15) is 0 Å². The zero-order valence-corrected chi connectivity index (χ0v) is 15.3. The predicted octanol–water partition coefficient (Wildman–Crippen LogP) is 2.66. The van der Waals surface area contributed by atoms with Crippen LogP contribution < -0.4 is 0 Å². The fourth-order valence-corrected chi connectivity index (χ4v) is 2.92. The summed E-state index contributed by atoms with van der Waals surface area (Å²) in [4.78, 5) is 14.8. The van der Waals surface area contributed by atoms with Gasteiger partial charge in [0.1, 0.15) is 5.76 Å². The zero-order chi connectivity index (χ0) is 18.0. The minimum absolute atomic E-state index is 0.0453. The Kier molecular flexibility index (Phi) is 5.62. The maximum Gasteiger partial charge on any atom is 0.180 e. The molecule has 132 valence electrons. The Labute approximate surface area is 143 Å². The number of Topliss-reactive ketones (excluding diaryl/α,β-unsaturated/α-hetero) is 1. The van der Waals surface area contributed by atoms with E-state index >= 15 is 0 Å². The van der Waals surface area contributed by atoms with E-state index < -0.39 is 6.10 Å². The van der Waals surface area contributed by atoms with Crippen molar-refractivity contribution in [2.75, 3.05) is 13.1 Å². The average Bonchev–Trinajstić information content (AvgIpc) is 3.01. The van der Waals surface area contributed by atoms with Gasteiger partial charge < -0.3 is 9.63 Å². The monoisotopic (exact) mass is 333 g/mol. The molecule has 0 aliphatic rings. The largest absolute Gasteiger partial charge is 0.392 e. The molecule has 0 fully saturated rings. The molecule has 0 spiro atoms. The molecular weight excluding hydrogens is 306 g/mol. The van der Waals surface area contributed by atoms with Crippen LogP contribution in [0.25, 0.3) is 5.82 Å². The van der Waals surface area contributed by atoms with Crippen molar-refractivity contribution in [3.8, 4) is 5.82 Å². The highest BCUT2D eigenvalue weighted by atomic mass is 16.5. The topological polar surface area (TPSA) is 71.5 Å². The third-order valence-electron chi connectivity index (χ3n) is 4.15. The number of rotatable bonds is 7. The maximum atomic E-state index is 12.8. The molecule has 1 unspecified atom stereocenters. The van der Waals surface area contributed by atoms with Crippen LogP contribution in [0.1, 0.15) is 48.3 Å². The summed E-state index contributed by atoms with van der Waals surface area (Å²) in [5.74, 6) is 1.46. The summed E-state index contributed by atoms with van der Waals surface area (Å²) in [5, 5.41) is 13.7. The van der Waals surface area contributed by atoms with Gasteiger partial charge in [-0.3, -0.25) is 14.3 Å². The van der Waals surface area contributed by atoms with Gasteiger partial charge in [0.25, 0.3) is 0 Å². The first kappa shape index (κ1) is 18.4. The molecule has 0 radical (unpaired) electrons. The van der Waals surface area contributed by atoms with Crippen LogP contribution >= 0.6 is 0 Å². The number of carbonyl (C=O) groups is 1. The minimum atomic E-state index is -0.467. The number of aryl methyl sites for hydroxylation is 2. The lowest BCUT2D eigenvalue weighted by Crippen LogP contribution is -2.40. The van der Waals surface area contributed by atoms with Crippen LogP contribution in [0.2, 0.25) is 0 Å². The second-order valence-corrected chi connectivity index (χ2v) is 6.71. The van der Waals surface area contributed by atoms with Crippen molar-refractivity contribution in [2.24, 2.45) is 0 Å². The van der Waals surface area contributed by atoms with E-state index in [1.807, 2.05) is 56.2 Å². The van der Waals surface area contributed by atoms with Crippen LogP contribution in [-0.4, -0.2) is 50.7 Å². The minimum Gasteiger partial charge on any atom is -0.392 e. The zero-order valence-electron chi connectivity index (χ0n) is 15.3. The van der Waals surface area contributed by atoms with Crippen molar-refractivity contribution in [3.63, 3.8) is 0 Å². The standard InChI is InChI=1S/C18H27N3O3/c1-11(2)20(9-13(4)22)10-17(23)16-7-12(3)21(15(16)6)18-8-14(5)24-19-18/h7-8,11,13,22H,9-10H2,1-6H3. The van der Waals surface area contributed by atoms with Crippen molar-refractivity contribution < 1.29 is 14.4 Å². The fraction of sp³-hybridized carbons (Fsp3) is 0.556. The molecule has 2 aromatic heterocycles. The molecule has 0 aliphatic heterocycles. The Morgan fingerprint density at radius 2 is 1.96 bits per heavy atom. The Bertz CT molecular complexity index is 713. The summed E-state index contributed by atoms with van der Waals surface area (Å²) >= 11 is 0. The van der Waals surface area contributed by atoms with Crippen molar-refractivity contribution >= 4 is 5.78 Å². The van der Waals surface area contributed by atoms with Crippen molar-refractivity contribution in [3.05, 3.63) is 34.8 Å². The van der Waals surface area contributed by atoms with Gasteiger partial charge >= 0.3 is 0 Å². The summed E-state index contributed by atoms with van der Waals surface area (Å²) in [6.07, 6.45) is -0.467. The highest BCUT2D eigenvalue weighted by Crippen LogP contribution is 2.21. The van der Waals surface area contributed by atoms with Crippen LogP contribution in [0, 0.1) is 20.8 Å². The number of aromatic nitrogens is 2. The van der Waals surface area contributed by atoms with Gasteiger partial charge in [-0.05, 0) is 47.6 Å². The molecule has 0 aliphatic carbocycles. The van der Waals surface area contributed by atoms with Gasteiger partial charge in [0.15, 0.2) is 11.6 Å². The van der Waals surface area contributed by atoms with Crippen molar-refractivity contribution in [1.29, 1.82) is 0 Å². The highest BCUT2D eigenvalue weighted by molar-refractivity contribution is 5.99. The Morgan fingerprint density at radius 3 is 2.46 bits per heavy atom. The average molecular weight is 333 g/mol. The second-order valence-electron chi connectivity index (χ2n) is 6.71. The highest BCUT2D eigenvalue weighted by Gasteiger charge is 2.22. The van der Waals surface area contributed by atoms with Crippen LogP contribution in [0.4, 0.5) is 0 Å². The molecule has 2 heterocycles. The van der Waals surface area contributed by atoms with Crippen molar-refractivity contribution in [2.45, 2.75) is 53.7 Å². The van der Waals surface area contributed by atoms with Gasteiger partial charge in [-0.25, -0.2) is 0 Å². The molecule has 0 saturated heterocycles. The Morgan fingerprint density at radius 1 is 1.29 bits per heavy atom. The van der Waals surface area contributed by atoms with Gasteiger partial charge in [0.2, 0.25) is 0 Å². The van der Waals surface area contributed by atoms with Crippen LogP contribution in [0.15, 0.2) is 16.7 Å². The summed E-state index contributed by atoms with van der Waals surface area (Å²) in [5.41, 5.74) is 2.48. The number of ketones is 1. The SMILES string of the molecule is Cc1cc(-n2c(C)cc(C(=O)CN(CC(C)O)C(C)C)c2C)no1. The second kappa shape index (κ2) is 7.32. The number of carbonyl (C=O) groups excluding carboxylic acids is 1. The van der Waals surface area contributed by atoms with Crippen molar-refractivity contribution in [1.82, 2.24) is 14.6 Å². The summed E-state index contributed by atoms with van der Waals surface area (Å²) in [6.45, 7) is 12.2. The lowest BCUT2D eigenvalue weighted by molar-refractivity contribution is 0.0798. The fourth-order valence-electron chi connectivity index (χ4n) is 2.92. The molecule has 0 amide bonds. The third-order valence-corrected chi connectivity index (χ3v) is 4.15. The van der Waals surface area contributed by atoms with E-state index in [0.717, 1.165) is 17.1 Å². The lowest BCUT2D eigenvalue weighted by Gasteiger charge is -2.26. The molecule has 1 atom stereocenters. The molecule has 2 rings (SSSR count).